The molecule has 0 spiro atoms. The van der Waals surface area contributed by atoms with Crippen molar-refractivity contribution in [3.8, 4) is 11.4 Å². The standard InChI is InChI=1S/C14H11ClFN5S2/c1-7-3-8(5-9(16)4-7)12-19-14(21-20-12)23-11-6-10(15)17-13(18-11)22-2/h3-6H,1-2H3,(H,19,20,21). The van der Waals surface area contributed by atoms with E-state index in [1.165, 1.54) is 35.7 Å². The average molecular weight is 368 g/mol. The number of aromatic nitrogens is 5. The molecule has 0 aliphatic carbocycles. The van der Waals surface area contributed by atoms with Crippen LogP contribution in [0.25, 0.3) is 11.4 Å². The smallest absolute Gasteiger partial charge is 0.190 e. The maximum atomic E-state index is 13.5. The highest BCUT2D eigenvalue weighted by atomic mass is 35.5. The van der Waals surface area contributed by atoms with Crippen molar-refractivity contribution in [1.29, 1.82) is 0 Å². The Bertz CT molecular complexity index is 835. The number of hydrogen-bond donors (Lipinski definition) is 1. The predicted molar refractivity (Wildman–Crippen MR) is 89.5 cm³/mol. The maximum Gasteiger partial charge on any atom is 0.190 e. The molecule has 23 heavy (non-hydrogen) atoms. The van der Waals surface area contributed by atoms with Gasteiger partial charge >= 0.3 is 0 Å². The molecule has 0 fully saturated rings. The fourth-order valence-electron chi connectivity index (χ4n) is 1.91. The highest BCUT2D eigenvalue weighted by Gasteiger charge is 2.11. The Morgan fingerprint density at radius 2 is 1.96 bits per heavy atom. The Morgan fingerprint density at radius 1 is 1.13 bits per heavy atom. The summed E-state index contributed by atoms with van der Waals surface area (Å²) in [4.78, 5) is 12.8. The van der Waals surface area contributed by atoms with Gasteiger partial charge in [-0.25, -0.2) is 19.3 Å². The van der Waals surface area contributed by atoms with E-state index in [0.29, 0.717) is 31.9 Å². The molecule has 0 amide bonds. The molecule has 2 aromatic heterocycles. The third kappa shape index (κ3) is 4.01. The molecular formula is C14H11ClFN5S2. The van der Waals surface area contributed by atoms with Crippen LogP contribution in [0.5, 0.6) is 0 Å². The van der Waals surface area contributed by atoms with Gasteiger partial charge in [0.05, 0.1) is 0 Å². The molecule has 3 aromatic rings. The van der Waals surface area contributed by atoms with Crippen LogP contribution in [0.1, 0.15) is 5.56 Å². The Morgan fingerprint density at radius 3 is 2.70 bits per heavy atom. The van der Waals surface area contributed by atoms with Crippen molar-refractivity contribution < 1.29 is 4.39 Å². The van der Waals surface area contributed by atoms with Crippen molar-refractivity contribution >= 4 is 35.1 Å². The quantitative estimate of drug-likeness (QED) is 0.422. The minimum absolute atomic E-state index is 0.314. The van der Waals surface area contributed by atoms with Gasteiger partial charge in [-0.3, -0.25) is 5.10 Å². The summed E-state index contributed by atoms with van der Waals surface area (Å²) in [6.07, 6.45) is 1.87. The number of nitrogens with zero attached hydrogens (tertiary/aromatic N) is 4. The van der Waals surface area contributed by atoms with Gasteiger partial charge in [0.15, 0.2) is 16.1 Å². The minimum Gasteiger partial charge on any atom is -0.253 e. The van der Waals surface area contributed by atoms with E-state index in [0.717, 1.165) is 5.56 Å². The number of benzene rings is 1. The molecule has 1 N–H and O–H groups in total. The van der Waals surface area contributed by atoms with Crippen LogP contribution in [0.4, 0.5) is 4.39 Å². The van der Waals surface area contributed by atoms with Crippen molar-refractivity contribution in [3.63, 3.8) is 0 Å². The van der Waals surface area contributed by atoms with E-state index < -0.39 is 0 Å². The van der Waals surface area contributed by atoms with Crippen LogP contribution in [0.2, 0.25) is 5.15 Å². The lowest BCUT2D eigenvalue weighted by atomic mass is 10.1. The number of aromatic amines is 1. The van der Waals surface area contributed by atoms with Gasteiger partial charge in [-0.15, -0.1) is 0 Å². The highest BCUT2D eigenvalue weighted by Crippen LogP contribution is 2.28. The van der Waals surface area contributed by atoms with Crippen molar-refractivity contribution in [2.75, 3.05) is 6.26 Å². The summed E-state index contributed by atoms with van der Waals surface area (Å²) in [6.45, 7) is 1.82. The first kappa shape index (κ1) is 16.2. The average Bonchev–Trinajstić information content (AvgIpc) is 2.94. The third-order valence-corrected chi connectivity index (χ3v) is 4.34. The van der Waals surface area contributed by atoms with Gasteiger partial charge < -0.3 is 0 Å². The molecule has 0 saturated heterocycles. The van der Waals surface area contributed by atoms with Crippen molar-refractivity contribution in [3.05, 3.63) is 40.8 Å². The van der Waals surface area contributed by atoms with Crippen molar-refractivity contribution in [1.82, 2.24) is 25.1 Å². The zero-order chi connectivity index (χ0) is 16.4. The molecule has 0 unspecified atom stereocenters. The Labute approximate surface area is 145 Å². The van der Waals surface area contributed by atoms with E-state index in [9.17, 15) is 4.39 Å². The maximum absolute atomic E-state index is 13.5. The fourth-order valence-corrected chi connectivity index (χ4v) is 3.37. The molecule has 5 nitrogen and oxygen atoms in total. The molecule has 0 bridgehead atoms. The molecule has 0 radical (unpaired) electrons. The van der Waals surface area contributed by atoms with E-state index in [1.54, 1.807) is 6.07 Å². The van der Waals surface area contributed by atoms with E-state index in [2.05, 4.69) is 25.1 Å². The number of H-pyrrole nitrogens is 1. The summed E-state index contributed by atoms with van der Waals surface area (Å²) in [5, 5.41) is 9.10. The number of aryl methyl sites for hydroxylation is 1. The van der Waals surface area contributed by atoms with Crippen LogP contribution in [-0.2, 0) is 0 Å². The molecule has 118 valence electrons. The summed E-state index contributed by atoms with van der Waals surface area (Å²) < 4.78 is 13.5. The number of hydrogen-bond acceptors (Lipinski definition) is 6. The fraction of sp³-hybridized carbons (Fsp3) is 0.143. The monoisotopic (exact) mass is 367 g/mol. The Kier molecular flexibility index (Phi) is 4.84. The van der Waals surface area contributed by atoms with Crippen LogP contribution in [-0.4, -0.2) is 31.4 Å². The molecule has 0 saturated carbocycles. The second-order valence-electron chi connectivity index (χ2n) is 4.60. The lowest BCUT2D eigenvalue weighted by molar-refractivity contribution is 0.627. The summed E-state index contributed by atoms with van der Waals surface area (Å²) in [7, 11) is 0. The van der Waals surface area contributed by atoms with Crippen LogP contribution in [0.15, 0.2) is 39.6 Å². The summed E-state index contributed by atoms with van der Waals surface area (Å²) in [5.41, 5.74) is 1.43. The SMILES string of the molecule is CSc1nc(Cl)cc(Sc2nc(-c3cc(C)cc(F)c3)n[nH]2)n1. The number of rotatable bonds is 4. The normalized spacial score (nSPS) is 11.0. The molecule has 3 rings (SSSR count). The molecular weight excluding hydrogens is 357 g/mol. The molecule has 0 aliphatic rings. The molecule has 0 atom stereocenters. The van der Waals surface area contributed by atoms with Crippen LogP contribution < -0.4 is 0 Å². The Balaban J connectivity index is 1.86. The van der Waals surface area contributed by atoms with Gasteiger partial charge in [0, 0.05) is 11.6 Å². The number of halogens is 2. The van der Waals surface area contributed by atoms with Gasteiger partial charge in [0.2, 0.25) is 0 Å². The lowest BCUT2D eigenvalue weighted by Gasteiger charge is -2.00. The zero-order valence-electron chi connectivity index (χ0n) is 12.2. The first-order valence-corrected chi connectivity index (χ1v) is 8.92. The minimum atomic E-state index is -0.314. The number of nitrogens with one attached hydrogen (secondary N) is 1. The molecule has 9 heteroatoms. The third-order valence-electron chi connectivity index (χ3n) is 2.80. The van der Waals surface area contributed by atoms with Crippen LogP contribution >= 0.6 is 35.1 Å². The number of thioether (sulfide) groups is 1. The molecule has 2 heterocycles. The van der Waals surface area contributed by atoms with Gasteiger partial charge in [-0.2, -0.15) is 5.10 Å². The molecule has 1 aromatic carbocycles. The summed E-state index contributed by atoms with van der Waals surface area (Å²) in [6, 6.07) is 6.34. The first-order valence-electron chi connectivity index (χ1n) is 6.50. The van der Waals surface area contributed by atoms with Crippen molar-refractivity contribution in [2.45, 2.75) is 22.3 Å². The second-order valence-corrected chi connectivity index (χ2v) is 6.77. The van der Waals surface area contributed by atoms with E-state index in [4.69, 9.17) is 11.6 Å². The topological polar surface area (TPSA) is 67.3 Å². The largest absolute Gasteiger partial charge is 0.253 e. The lowest BCUT2D eigenvalue weighted by Crippen LogP contribution is -1.89. The molecule has 0 aliphatic heterocycles. The summed E-state index contributed by atoms with van der Waals surface area (Å²) >= 11 is 8.65. The summed E-state index contributed by atoms with van der Waals surface area (Å²) in [5.74, 6) is 0.117. The van der Waals surface area contributed by atoms with E-state index >= 15 is 0 Å². The van der Waals surface area contributed by atoms with Gasteiger partial charge in [-0.05, 0) is 48.7 Å². The Hall–Kier alpha value is -1.64. The highest BCUT2D eigenvalue weighted by molar-refractivity contribution is 7.99. The van der Waals surface area contributed by atoms with Crippen LogP contribution in [0, 0.1) is 12.7 Å². The first-order chi connectivity index (χ1) is 11.0. The zero-order valence-corrected chi connectivity index (χ0v) is 14.6. The predicted octanol–water partition coefficient (Wildman–Crippen LogP) is 4.24. The van der Waals surface area contributed by atoms with E-state index in [-0.39, 0.29) is 5.82 Å². The van der Waals surface area contributed by atoms with E-state index in [1.807, 2.05) is 19.2 Å². The van der Waals surface area contributed by atoms with Crippen molar-refractivity contribution in [2.24, 2.45) is 0 Å². The van der Waals surface area contributed by atoms with Gasteiger partial charge in [-0.1, -0.05) is 23.4 Å². The second kappa shape index (κ2) is 6.86. The van der Waals surface area contributed by atoms with Gasteiger partial charge in [0.25, 0.3) is 0 Å². The van der Waals surface area contributed by atoms with Crippen LogP contribution in [0.3, 0.4) is 0 Å². The van der Waals surface area contributed by atoms with Gasteiger partial charge in [0.1, 0.15) is 16.0 Å².